The van der Waals surface area contributed by atoms with Crippen molar-refractivity contribution in [2.45, 2.75) is 31.8 Å². The second-order valence-electron chi connectivity index (χ2n) is 6.22. The Labute approximate surface area is 145 Å². The van der Waals surface area contributed by atoms with E-state index in [9.17, 15) is 14.4 Å². The van der Waals surface area contributed by atoms with E-state index in [0.29, 0.717) is 11.6 Å². The van der Waals surface area contributed by atoms with Gasteiger partial charge in [0.15, 0.2) is 6.61 Å². The molecule has 2 amide bonds. The van der Waals surface area contributed by atoms with Crippen molar-refractivity contribution in [3.05, 3.63) is 34.9 Å². The highest BCUT2D eigenvalue weighted by atomic mass is 35.5. The molecule has 7 heteroatoms. The zero-order valence-electron chi connectivity index (χ0n) is 13.2. The normalized spacial score (nSPS) is 20.1. The summed E-state index contributed by atoms with van der Waals surface area (Å²) in [5.74, 6) is -1.44. The number of amides is 2. The fourth-order valence-corrected chi connectivity index (χ4v) is 2.86. The molecule has 0 aromatic heterocycles. The first-order valence-corrected chi connectivity index (χ1v) is 8.38. The zero-order valence-corrected chi connectivity index (χ0v) is 13.9. The van der Waals surface area contributed by atoms with Gasteiger partial charge in [0, 0.05) is 30.6 Å². The predicted molar refractivity (Wildman–Crippen MR) is 87.1 cm³/mol. The number of benzene rings is 1. The summed E-state index contributed by atoms with van der Waals surface area (Å²) in [4.78, 5) is 37.3. The topological polar surface area (TPSA) is 75.7 Å². The number of ether oxygens (including phenoxy) is 1. The van der Waals surface area contributed by atoms with E-state index in [0.717, 1.165) is 18.4 Å². The Balaban J connectivity index is 1.49. The number of nitrogens with zero attached hydrogens (tertiary/aromatic N) is 1. The predicted octanol–water partition coefficient (Wildman–Crippen LogP) is 1.51. The number of carbonyl (C=O) groups is 3. The maximum absolute atomic E-state index is 12.1. The summed E-state index contributed by atoms with van der Waals surface area (Å²) in [6, 6.07) is 7.53. The lowest BCUT2D eigenvalue weighted by molar-refractivity contribution is -0.152. The molecule has 0 radical (unpaired) electrons. The van der Waals surface area contributed by atoms with Gasteiger partial charge >= 0.3 is 5.97 Å². The lowest BCUT2D eigenvalue weighted by atomic mass is 10.1. The zero-order chi connectivity index (χ0) is 17.1. The maximum atomic E-state index is 12.1. The minimum atomic E-state index is -0.534. The third-order valence-electron chi connectivity index (χ3n) is 4.15. The molecule has 1 heterocycles. The third kappa shape index (κ3) is 4.26. The van der Waals surface area contributed by atoms with Gasteiger partial charge in [-0.2, -0.15) is 0 Å². The molecule has 3 rings (SSSR count). The van der Waals surface area contributed by atoms with E-state index in [1.54, 1.807) is 11.0 Å². The van der Waals surface area contributed by atoms with Crippen molar-refractivity contribution in [2.75, 3.05) is 13.2 Å². The molecule has 1 atom stereocenters. The summed E-state index contributed by atoms with van der Waals surface area (Å²) in [6.45, 7) is 0.363. The van der Waals surface area contributed by atoms with Crippen LogP contribution in [-0.4, -0.2) is 41.9 Å². The molecule has 24 heavy (non-hydrogen) atoms. The smallest absolute Gasteiger partial charge is 0.311 e. The van der Waals surface area contributed by atoms with Crippen LogP contribution in [0.15, 0.2) is 24.3 Å². The van der Waals surface area contributed by atoms with Gasteiger partial charge in [-0.05, 0) is 24.5 Å². The highest BCUT2D eigenvalue weighted by molar-refractivity contribution is 6.31. The van der Waals surface area contributed by atoms with Crippen molar-refractivity contribution < 1.29 is 19.1 Å². The summed E-state index contributed by atoms with van der Waals surface area (Å²) in [6.07, 6.45) is 2.06. The second kappa shape index (κ2) is 7.21. The van der Waals surface area contributed by atoms with E-state index in [2.05, 4.69) is 5.32 Å². The van der Waals surface area contributed by atoms with Crippen molar-refractivity contribution in [1.29, 1.82) is 0 Å². The first-order valence-electron chi connectivity index (χ1n) is 8.00. The molecule has 1 aliphatic heterocycles. The van der Waals surface area contributed by atoms with Crippen LogP contribution in [0.25, 0.3) is 0 Å². The molecule has 2 fully saturated rings. The first-order chi connectivity index (χ1) is 11.5. The van der Waals surface area contributed by atoms with Crippen LogP contribution in [0.1, 0.15) is 24.8 Å². The van der Waals surface area contributed by atoms with Gasteiger partial charge in [0.2, 0.25) is 5.91 Å². The Hall–Kier alpha value is -2.08. The third-order valence-corrected chi connectivity index (χ3v) is 4.52. The summed E-state index contributed by atoms with van der Waals surface area (Å²) < 4.78 is 5.03. The number of halogens is 1. The average Bonchev–Trinajstić information content (AvgIpc) is 3.29. The number of nitrogens with one attached hydrogen (secondary N) is 1. The van der Waals surface area contributed by atoms with Crippen LogP contribution in [0.3, 0.4) is 0 Å². The van der Waals surface area contributed by atoms with Crippen LogP contribution in [0.4, 0.5) is 0 Å². The Bertz CT molecular complexity index is 660. The first kappa shape index (κ1) is 16.8. The Morgan fingerprint density at radius 3 is 2.75 bits per heavy atom. The van der Waals surface area contributed by atoms with Crippen LogP contribution >= 0.6 is 11.6 Å². The van der Waals surface area contributed by atoms with Crippen molar-refractivity contribution in [3.8, 4) is 0 Å². The Morgan fingerprint density at radius 1 is 1.29 bits per heavy atom. The summed E-state index contributed by atoms with van der Waals surface area (Å²) in [5.41, 5.74) is 0.838. The molecule has 0 unspecified atom stereocenters. The molecular formula is C17H19ClN2O4. The molecule has 0 spiro atoms. The number of esters is 1. The fraction of sp³-hybridized carbons (Fsp3) is 0.471. The van der Waals surface area contributed by atoms with Crippen molar-refractivity contribution in [1.82, 2.24) is 10.2 Å². The van der Waals surface area contributed by atoms with Gasteiger partial charge in [0.05, 0.1) is 5.92 Å². The highest BCUT2D eigenvalue weighted by Crippen LogP contribution is 2.24. The minimum absolute atomic E-state index is 0.105. The van der Waals surface area contributed by atoms with Crippen LogP contribution in [0, 0.1) is 5.92 Å². The van der Waals surface area contributed by atoms with Gasteiger partial charge in [-0.3, -0.25) is 14.4 Å². The van der Waals surface area contributed by atoms with Crippen LogP contribution in [-0.2, 0) is 25.7 Å². The van der Waals surface area contributed by atoms with Gasteiger partial charge in [0.1, 0.15) is 0 Å². The average molecular weight is 351 g/mol. The number of hydrogen-bond acceptors (Lipinski definition) is 4. The molecule has 1 aromatic carbocycles. The van der Waals surface area contributed by atoms with E-state index in [1.807, 2.05) is 18.2 Å². The molecule has 1 saturated carbocycles. The summed E-state index contributed by atoms with van der Waals surface area (Å²) in [5, 5.41) is 3.34. The van der Waals surface area contributed by atoms with E-state index < -0.39 is 11.9 Å². The lowest BCUT2D eigenvalue weighted by Crippen LogP contribution is -2.32. The standard InChI is InChI=1S/C17H19ClN2O4/c18-14-4-2-1-3-11(14)8-20-9-12(7-16(20)22)17(23)24-10-15(21)19-13-5-6-13/h1-4,12-13H,5-10H2,(H,19,21)/t12-/m0/s1. The Kier molecular flexibility index (Phi) is 5.04. The lowest BCUT2D eigenvalue weighted by Gasteiger charge is -2.17. The monoisotopic (exact) mass is 350 g/mol. The Morgan fingerprint density at radius 2 is 2.04 bits per heavy atom. The van der Waals surface area contributed by atoms with Crippen LogP contribution in [0.2, 0.25) is 5.02 Å². The molecular weight excluding hydrogens is 332 g/mol. The van der Waals surface area contributed by atoms with Gasteiger partial charge in [-0.1, -0.05) is 29.8 Å². The van der Waals surface area contributed by atoms with Crippen molar-refractivity contribution >= 4 is 29.4 Å². The molecule has 2 aliphatic rings. The van der Waals surface area contributed by atoms with E-state index in [-0.39, 0.29) is 37.4 Å². The van der Waals surface area contributed by atoms with E-state index in [1.165, 1.54) is 0 Å². The number of hydrogen-bond donors (Lipinski definition) is 1. The van der Waals surface area contributed by atoms with Crippen molar-refractivity contribution in [2.24, 2.45) is 5.92 Å². The van der Waals surface area contributed by atoms with E-state index in [4.69, 9.17) is 16.3 Å². The number of rotatable bonds is 6. The van der Waals surface area contributed by atoms with Crippen LogP contribution in [0.5, 0.6) is 0 Å². The van der Waals surface area contributed by atoms with Gasteiger partial charge in [0.25, 0.3) is 5.91 Å². The SMILES string of the molecule is O=C(COC(=O)[C@H]1CC(=O)N(Cc2ccccc2Cl)C1)NC1CC1. The molecule has 1 N–H and O–H groups in total. The van der Waals surface area contributed by atoms with Crippen molar-refractivity contribution in [3.63, 3.8) is 0 Å². The van der Waals surface area contributed by atoms with Gasteiger partial charge in [-0.25, -0.2) is 0 Å². The molecule has 6 nitrogen and oxygen atoms in total. The molecule has 128 valence electrons. The fourth-order valence-electron chi connectivity index (χ4n) is 2.67. The number of likely N-dealkylation sites (tertiary alicyclic amines) is 1. The highest BCUT2D eigenvalue weighted by Gasteiger charge is 2.36. The number of carbonyl (C=O) groups excluding carboxylic acids is 3. The van der Waals surface area contributed by atoms with Gasteiger partial charge < -0.3 is 15.0 Å². The van der Waals surface area contributed by atoms with Crippen LogP contribution < -0.4 is 5.32 Å². The largest absolute Gasteiger partial charge is 0.455 e. The summed E-state index contributed by atoms with van der Waals surface area (Å²) >= 11 is 6.11. The van der Waals surface area contributed by atoms with Gasteiger partial charge in [-0.15, -0.1) is 0 Å². The molecule has 1 saturated heterocycles. The quantitative estimate of drug-likeness (QED) is 0.789. The maximum Gasteiger partial charge on any atom is 0.311 e. The minimum Gasteiger partial charge on any atom is -0.455 e. The second-order valence-corrected chi connectivity index (χ2v) is 6.62. The molecule has 0 bridgehead atoms. The molecule has 1 aliphatic carbocycles. The molecule has 1 aromatic rings. The summed E-state index contributed by atoms with van der Waals surface area (Å²) in [7, 11) is 0. The van der Waals surface area contributed by atoms with E-state index >= 15 is 0 Å².